The Labute approximate surface area is 143 Å². The van der Waals surface area contributed by atoms with Crippen LogP contribution in [0.15, 0.2) is 36.4 Å². The summed E-state index contributed by atoms with van der Waals surface area (Å²) < 4.78 is 0. The van der Waals surface area contributed by atoms with E-state index in [2.05, 4.69) is 26.1 Å². The number of carbonyl (C=O) groups is 1. The second-order valence-corrected chi connectivity index (χ2v) is 7.14. The maximum Gasteiger partial charge on any atom is 0.224 e. The number of benzene rings is 2. The predicted molar refractivity (Wildman–Crippen MR) is 96.6 cm³/mol. The Bertz CT molecular complexity index is 745. The van der Waals surface area contributed by atoms with Crippen molar-refractivity contribution in [2.45, 2.75) is 46.0 Å². The van der Waals surface area contributed by atoms with Crippen molar-refractivity contribution in [3.05, 3.63) is 53.1 Å². The van der Waals surface area contributed by atoms with Gasteiger partial charge in [-0.05, 0) is 65.8 Å². The molecule has 0 fully saturated rings. The Morgan fingerprint density at radius 1 is 1.08 bits per heavy atom. The van der Waals surface area contributed by atoms with Crippen molar-refractivity contribution in [3.63, 3.8) is 0 Å². The molecule has 4 heteroatoms. The number of amides is 1. The summed E-state index contributed by atoms with van der Waals surface area (Å²) in [6.45, 7) is 8.05. The zero-order valence-corrected chi connectivity index (χ0v) is 14.7. The summed E-state index contributed by atoms with van der Waals surface area (Å²) in [6.07, 6.45) is 0.962. The molecule has 0 aliphatic heterocycles. The molecule has 0 bridgehead atoms. The molecule has 128 valence electrons. The molecule has 0 radical (unpaired) electrons. The zero-order chi connectivity index (χ0) is 17.9. The maximum atomic E-state index is 12.2. The first-order chi connectivity index (χ1) is 11.2. The largest absolute Gasteiger partial charge is 0.508 e. The molecule has 24 heavy (non-hydrogen) atoms. The lowest BCUT2D eigenvalue weighted by atomic mass is 9.82. The molecule has 0 aromatic heterocycles. The third-order valence-electron chi connectivity index (χ3n) is 4.00. The lowest BCUT2D eigenvalue weighted by molar-refractivity contribution is -0.116. The number of rotatable bonds is 4. The van der Waals surface area contributed by atoms with Gasteiger partial charge in [-0.2, -0.15) is 0 Å². The number of phenols is 2. The summed E-state index contributed by atoms with van der Waals surface area (Å²) in [6, 6.07) is 10.3. The van der Waals surface area contributed by atoms with Crippen LogP contribution in [0.1, 0.15) is 43.9 Å². The minimum Gasteiger partial charge on any atom is -0.508 e. The third-order valence-corrected chi connectivity index (χ3v) is 4.00. The highest BCUT2D eigenvalue weighted by Gasteiger charge is 2.19. The first-order valence-corrected chi connectivity index (χ1v) is 8.08. The molecular weight excluding hydrogens is 302 g/mol. The first-order valence-electron chi connectivity index (χ1n) is 8.08. The fourth-order valence-corrected chi connectivity index (χ4v) is 2.69. The molecule has 2 rings (SSSR count). The van der Waals surface area contributed by atoms with Crippen molar-refractivity contribution in [2.24, 2.45) is 0 Å². The molecule has 1 amide bonds. The van der Waals surface area contributed by atoms with E-state index in [-0.39, 0.29) is 22.8 Å². The summed E-state index contributed by atoms with van der Waals surface area (Å²) in [5.74, 6) is 0.382. The summed E-state index contributed by atoms with van der Waals surface area (Å²) in [7, 11) is 0. The van der Waals surface area contributed by atoms with Crippen LogP contribution in [0, 0.1) is 6.92 Å². The number of nitrogens with one attached hydrogen (secondary N) is 1. The standard InChI is InChI=1S/C20H25NO3/c1-13-11-15(7-9-18(13)23)21-19(24)10-6-14-5-8-16(22)12-17(14)20(2,3)4/h5,7-9,11-12,22-23H,6,10H2,1-4H3,(H,21,24). The smallest absolute Gasteiger partial charge is 0.224 e. The molecule has 2 aromatic rings. The number of anilines is 1. The highest BCUT2D eigenvalue weighted by Crippen LogP contribution is 2.30. The summed E-state index contributed by atoms with van der Waals surface area (Å²) in [5, 5.41) is 22.1. The van der Waals surface area contributed by atoms with Crippen LogP contribution in [0.2, 0.25) is 0 Å². The second kappa shape index (κ2) is 6.95. The van der Waals surface area contributed by atoms with Crippen molar-refractivity contribution in [3.8, 4) is 11.5 Å². The molecule has 2 aromatic carbocycles. The topological polar surface area (TPSA) is 69.6 Å². The highest BCUT2D eigenvalue weighted by atomic mass is 16.3. The molecule has 0 unspecified atom stereocenters. The van der Waals surface area contributed by atoms with E-state index in [0.717, 1.165) is 16.7 Å². The molecule has 0 saturated carbocycles. The number of carbonyl (C=O) groups excluding carboxylic acids is 1. The van der Waals surface area contributed by atoms with Crippen LogP contribution >= 0.6 is 0 Å². The van der Waals surface area contributed by atoms with Crippen molar-refractivity contribution in [1.82, 2.24) is 0 Å². The van der Waals surface area contributed by atoms with Gasteiger partial charge in [-0.3, -0.25) is 4.79 Å². The van der Waals surface area contributed by atoms with E-state index in [0.29, 0.717) is 18.5 Å². The van der Waals surface area contributed by atoms with E-state index in [9.17, 15) is 15.0 Å². The lowest BCUT2D eigenvalue weighted by Gasteiger charge is -2.23. The third kappa shape index (κ3) is 4.51. The first kappa shape index (κ1) is 17.9. The molecule has 3 N–H and O–H groups in total. The van der Waals surface area contributed by atoms with E-state index < -0.39 is 0 Å². The van der Waals surface area contributed by atoms with Gasteiger partial charge in [0.15, 0.2) is 0 Å². The monoisotopic (exact) mass is 327 g/mol. The quantitative estimate of drug-likeness (QED) is 0.734. The Hall–Kier alpha value is -2.49. The minimum absolute atomic E-state index is 0.0759. The van der Waals surface area contributed by atoms with Crippen molar-refractivity contribution >= 4 is 11.6 Å². The van der Waals surface area contributed by atoms with Crippen LogP contribution in [-0.2, 0) is 16.6 Å². The minimum atomic E-state index is -0.0986. The number of hydrogen-bond acceptors (Lipinski definition) is 3. The van der Waals surface area contributed by atoms with Gasteiger partial charge < -0.3 is 15.5 Å². The Kier molecular flexibility index (Phi) is 5.17. The Balaban J connectivity index is 2.05. The van der Waals surface area contributed by atoms with E-state index in [1.54, 1.807) is 37.3 Å². The predicted octanol–water partition coefficient (Wildman–Crippen LogP) is 4.28. The van der Waals surface area contributed by atoms with Gasteiger partial charge in [0.2, 0.25) is 5.91 Å². The number of aryl methyl sites for hydroxylation is 2. The zero-order valence-electron chi connectivity index (χ0n) is 14.7. The fraction of sp³-hybridized carbons (Fsp3) is 0.350. The molecule has 4 nitrogen and oxygen atoms in total. The van der Waals surface area contributed by atoms with Crippen LogP contribution in [0.25, 0.3) is 0 Å². The Morgan fingerprint density at radius 3 is 2.42 bits per heavy atom. The average Bonchev–Trinajstić information content (AvgIpc) is 2.49. The molecule has 0 spiro atoms. The number of phenolic OH excluding ortho intramolecular Hbond substituents is 2. The van der Waals surface area contributed by atoms with Gasteiger partial charge in [0.25, 0.3) is 0 Å². The number of hydrogen-bond donors (Lipinski definition) is 3. The molecule has 0 atom stereocenters. The van der Waals surface area contributed by atoms with Crippen LogP contribution in [0.4, 0.5) is 5.69 Å². The van der Waals surface area contributed by atoms with Gasteiger partial charge in [0, 0.05) is 12.1 Å². The van der Waals surface area contributed by atoms with Gasteiger partial charge in [0.05, 0.1) is 0 Å². The fourth-order valence-electron chi connectivity index (χ4n) is 2.69. The van der Waals surface area contributed by atoms with E-state index in [1.165, 1.54) is 0 Å². The highest BCUT2D eigenvalue weighted by molar-refractivity contribution is 5.91. The van der Waals surface area contributed by atoms with Crippen LogP contribution in [-0.4, -0.2) is 16.1 Å². The second-order valence-electron chi connectivity index (χ2n) is 7.14. The van der Waals surface area contributed by atoms with Gasteiger partial charge in [-0.25, -0.2) is 0 Å². The lowest BCUT2D eigenvalue weighted by Crippen LogP contribution is -2.17. The molecular formula is C20H25NO3. The van der Waals surface area contributed by atoms with Gasteiger partial charge in [0.1, 0.15) is 11.5 Å². The van der Waals surface area contributed by atoms with E-state index in [1.807, 2.05) is 6.07 Å². The van der Waals surface area contributed by atoms with Crippen molar-refractivity contribution < 1.29 is 15.0 Å². The van der Waals surface area contributed by atoms with Gasteiger partial charge in [-0.1, -0.05) is 26.8 Å². The SMILES string of the molecule is Cc1cc(NC(=O)CCc2ccc(O)cc2C(C)(C)C)ccc1O. The van der Waals surface area contributed by atoms with E-state index in [4.69, 9.17) is 0 Å². The summed E-state index contributed by atoms with van der Waals surface area (Å²) >= 11 is 0. The summed E-state index contributed by atoms with van der Waals surface area (Å²) in [4.78, 5) is 12.2. The van der Waals surface area contributed by atoms with Crippen LogP contribution in [0.3, 0.4) is 0 Å². The van der Waals surface area contributed by atoms with Gasteiger partial charge in [-0.15, -0.1) is 0 Å². The summed E-state index contributed by atoms with van der Waals surface area (Å²) in [5.41, 5.74) is 3.42. The number of aromatic hydroxyl groups is 2. The average molecular weight is 327 g/mol. The molecule has 0 saturated heterocycles. The van der Waals surface area contributed by atoms with Crippen molar-refractivity contribution in [2.75, 3.05) is 5.32 Å². The molecule has 0 heterocycles. The van der Waals surface area contributed by atoms with Gasteiger partial charge >= 0.3 is 0 Å². The van der Waals surface area contributed by atoms with Crippen LogP contribution < -0.4 is 5.32 Å². The maximum absolute atomic E-state index is 12.2. The Morgan fingerprint density at radius 2 is 1.79 bits per heavy atom. The van der Waals surface area contributed by atoms with Crippen molar-refractivity contribution in [1.29, 1.82) is 0 Å². The molecule has 0 aliphatic rings. The molecule has 0 aliphatic carbocycles. The van der Waals surface area contributed by atoms with E-state index >= 15 is 0 Å². The normalized spacial score (nSPS) is 11.3. The van der Waals surface area contributed by atoms with Crippen LogP contribution in [0.5, 0.6) is 11.5 Å².